The van der Waals surface area contributed by atoms with Crippen molar-refractivity contribution in [2.75, 3.05) is 0 Å². The van der Waals surface area contributed by atoms with E-state index in [2.05, 4.69) is 20.5 Å². The minimum absolute atomic E-state index is 0.0759. The number of carbonyl (C=O) groups excluding carboxylic acids is 1. The number of benzene rings is 2. The highest BCUT2D eigenvalue weighted by molar-refractivity contribution is 7.14. The zero-order chi connectivity index (χ0) is 20.5. The van der Waals surface area contributed by atoms with Crippen molar-refractivity contribution in [3.8, 4) is 10.6 Å². The van der Waals surface area contributed by atoms with Gasteiger partial charge in [0.25, 0.3) is 5.91 Å². The third kappa shape index (κ3) is 3.90. The van der Waals surface area contributed by atoms with E-state index < -0.39 is 17.2 Å². The van der Waals surface area contributed by atoms with Gasteiger partial charge in [0.05, 0.1) is 5.52 Å². The first-order valence-corrected chi connectivity index (χ1v) is 9.80. The first-order valence-electron chi connectivity index (χ1n) is 8.60. The van der Waals surface area contributed by atoms with Crippen LogP contribution in [-0.4, -0.2) is 21.1 Å². The number of carbonyl (C=O) groups is 1. The molecule has 2 aromatic heterocycles. The van der Waals surface area contributed by atoms with Gasteiger partial charge in [-0.1, -0.05) is 35.1 Å². The summed E-state index contributed by atoms with van der Waals surface area (Å²) in [5.74, 6) is -1.15. The maximum Gasteiger partial charge on any atom is 0.257 e. The molecule has 2 heterocycles. The predicted octanol–water partition coefficient (Wildman–Crippen LogP) is 4.08. The molecule has 0 aliphatic rings. The molecule has 4 aromatic rings. The van der Waals surface area contributed by atoms with Crippen LogP contribution in [0, 0.1) is 12.7 Å². The lowest BCUT2D eigenvalue weighted by atomic mass is 10.1. The number of rotatable bonds is 4. The molecule has 1 amide bonds. The lowest BCUT2D eigenvalue weighted by Crippen LogP contribution is -2.28. The Hall–Kier alpha value is -3.10. The molecule has 0 spiro atoms. The van der Waals surface area contributed by atoms with Crippen molar-refractivity contribution in [2.24, 2.45) is 0 Å². The molecule has 6 nitrogen and oxygen atoms in total. The van der Waals surface area contributed by atoms with Gasteiger partial charge in [-0.15, -0.1) is 10.2 Å². The molecule has 29 heavy (non-hydrogen) atoms. The lowest BCUT2D eigenvalue weighted by molar-refractivity contribution is 0.0949. The molecule has 0 fully saturated rings. The van der Waals surface area contributed by atoms with E-state index in [1.165, 1.54) is 23.6 Å². The van der Waals surface area contributed by atoms with Gasteiger partial charge in [-0.2, -0.15) is 0 Å². The Bertz CT molecular complexity index is 1280. The van der Waals surface area contributed by atoms with E-state index in [-0.39, 0.29) is 17.5 Å². The van der Waals surface area contributed by atoms with Crippen molar-refractivity contribution in [1.82, 2.24) is 20.5 Å². The zero-order valence-electron chi connectivity index (χ0n) is 15.1. The second-order valence-electron chi connectivity index (χ2n) is 6.34. The summed E-state index contributed by atoms with van der Waals surface area (Å²) in [5.41, 5.74) is 1.00. The maximum absolute atomic E-state index is 14.2. The lowest BCUT2D eigenvalue weighted by Gasteiger charge is -2.08. The summed E-state index contributed by atoms with van der Waals surface area (Å²) in [6, 6.07) is 9.38. The standard InChI is InChI=1S/C20H14ClFN4O2S/c1-10-25-26-20(29-10)15-7-13(22)6-14-17(15)23-9-16(18(14)27)19(28)24-8-11-2-4-12(21)5-3-11/h2-7,9H,8H2,1H3,(H,23,27)(H,24,28). The predicted molar refractivity (Wildman–Crippen MR) is 111 cm³/mol. The third-order valence-electron chi connectivity index (χ3n) is 4.32. The molecule has 4 rings (SSSR count). The Morgan fingerprint density at radius 1 is 1.24 bits per heavy atom. The van der Waals surface area contributed by atoms with Crippen LogP contribution in [0.1, 0.15) is 20.9 Å². The molecule has 0 aliphatic carbocycles. The van der Waals surface area contributed by atoms with Crippen molar-refractivity contribution < 1.29 is 9.18 Å². The number of hydrogen-bond donors (Lipinski definition) is 2. The Balaban J connectivity index is 1.69. The number of halogens is 2. The number of nitrogens with one attached hydrogen (secondary N) is 2. The summed E-state index contributed by atoms with van der Waals surface area (Å²) in [7, 11) is 0. The minimum atomic E-state index is -0.593. The minimum Gasteiger partial charge on any atom is -0.360 e. The maximum atomic E-state index is 14.2. The van der Waals surface area contributed by atoms with E-state index in [0.717, 1.165) is 16.6 Å². The largest absolute Gasteiger partial charge is 0.360 e. The second-order valence-corrected chi connectivity index (χ2v) is 7.96. The molecule has 146 valence electrons. The van der Waals surface area contributed by atoms with Gasteiger partial charge in [0.15, 0.2) is 0 Å². The van der Waals surface area contributed by atoms with Crippen LogP contribution in [-0.2, 0) is 6.54 Å². The number of hydrogen-bond acceptors (Lipinski definition) is 5. The van der Waals surface area contributed by atoms with Crippen molar-refractivity contribution in [3.63, 3.8) is 0 Å². The first-order chi connectivity index (χ1) is 13.9. The molecule has 0 saturated heterocycles. The Labute approximate surface area is 173 Å². The van der Waals surface area contributed by atoms with Crippen LogP contribution in [0.5, 0.6) is 0 Å². The van der Waals surface area contributed by atoms with Crippen molar-refractivity contribution >= 4 is 39.7 Å². The van der Waals surface area contributed by atoms with Gasteiger partial charge in [-0.3, -0.25) is 9.59 Å². The normalized spacial score (nSPS) is 11.0. The molecule has 0 unspecified atom stereocenters. The molecule has 0 bridgehead atoms. The SMILES string of the molecule is Cc1nnc(-c2cc(F)cc3c(=O)c(C(=O)NCc4ccc(Cl)cc4)c[nH]c23)s1. The Kier molecular flexibility index (Phi) is 5.12. The average Bonchev–Trinajstić information content (AvgIpc) is 3.13. The van der Waals surface area contributed by atoms with Crippen LogP contribution in [0.25, 0.3) is 21.5 Å². The van der Waals surface area contributed by atoms with Crippen LogP contribution in [0.3, 0.4) is 0 Å². The van der Waals surface area contributed by atoms with E-state index in [1.807, 2.05) is 0 Å². The number of aryl methyl sites for hydroxylation is 1. The van der Waals surface area contributed by atoms with E-state index in [1.54, 1.807) is 31.2 Å². The van der Waals surface area contributed by atoms with Crippen LogP contribution >= 0.6 is 22.9 Å². The van der Waals surface area contributed by atoms with Gasteiger partial charge in [0.2, 0.25) is 5.43 Å². The Morgan fingerprint density at radius 3 is 2.69 bits per heavy atom. The molecule has 2 N–H and O–H groups in total. The van der Waals surface area contributed by atoms with Crippen LogP contribution in [0.2, 0.25) is 5.02 Å². The number of pyridine rings is 1. The number of nitrogens with zero attached hydrogens (tertiary/aromatic N) is 2. The molecule has 0 saturated carbocycles. The summed E-state index contributed by atoms with van der Waals surface area (Å²) in [5, 5.41) is 12.5. The molecular weight excluding hydrogens is 415 g/mol. The van der Waals surface area contributed by atoms with Gasteiger partial charge in [0, 0.05) is 28.7 Å². The summed E-state index contributed by atoms with van der Waals surface area (Å²) in [4.78, 5) is 28.3. The van der Waals surface area contributed by atoms with Crippen LogP contribution in [0.15, 0.2) is 47.4 Å². The highest BCUT2D eigenvalue weighted by Crippen LogP contribution is 2.29. The van der Waals surface area contributed by atoms with Crippen molar-refractivity contribution in [1.29, 1.82) is 0 Å². The number of fused-ring (bicyclic) bond motifs is 1. The smallest absolute Gasteiger partial charge is 0.257 e. The molecular formula is C20H14ClFN4O2S. The summed E-state index contributed by atoms with van der Waals surface area (Å²) < 4.78 is 14.2. The van der Waals surface area contributed by atoms with E-state index >= 15 is 0 Å². The number of aromatic nitrogens is 3. The fraction of sp³-hybridized carbons (Fsp3) is 0.100. The zero-order valence-corrected chi connectivity index (χ0v) is 16.7. The summed E-state index contributed by atoms with van der Waals surface area (Å²) >= 11 is 7.13. The highest BCUT2D eigenvalue weighted by Gasteiger charge is 2.18. The third-order valence-corrected chi connectivity index (χ3v) is 5.44. The number of amides is 1. The molecule has 2 aromatic carbocycles. The fourth-order valence-corrected chi connectivity index (χ4v) is 3.76. The second kappa shape index (κ2) is 7.73. The van der Waals surface area contributed by atoms with Crippen LogP contribution in [0.4, 0.5) is 4.39 Å². The van der Waals surface area contributed by atoms with Crippen molar-refractivity contribution in [2.45, 2.75) is 13.5 Å². The van der Waals surface area contributed by atoms with Crippen molar-refractivity contribution in [3.05, 3.63) is 79.8 Å². The fourth-order valence-electron chi connectivity index (χ4n) is 2.92. The summed E-state index contributed by atoms with van der Waals surface area (Å²) in [6.07, 6.45) is 1.33. The first kappa shape index (κ1) is 19.2. The Morgan fingerprint density at radius 2 is 2.00 bits per heavy atom. The van der Waals surface area contributed by atoms with E-state index in [4.69, 9.17) is 11.6 Å². The van der Waals surface area contributed by atoms with Gasteiger partial charge in [-0.25, -0.2) is 4.39 Å². The van der Waals surface area contributed by atoms with Gasteiger partial charge in [-0.05, 0) is 36.8 Å². The van der Waals surface area contributed by atoms with Gasteiger partial charge >= 0.3 is 0 Å². The number of H-pyrrole nitrogens is 1. The van der Waals surface area contributed by atoms with Gasteiger partial charge in [0.1, 0.15) is 21.4 Å². The summed E-state index contributed by atoms with van der Waals surface area (Å²) in [6.45, 7) is 2.01. The average molecular weight is 429 g/mol. The molecule has 0 radical (unpaired) electrons. The quantitative estimate of drug-likeness (QED) is 0.512. The van der Waals surface area contributed by atoms with E-state index in [9.17, 15) is 14.0 Å². The number of aromatic amines is 1. The van der Waals surface area contributed by atoms with Gasteiger partial charge < -0.3 is 10.3 Å². The molecule has 0 atom stereocenters. The highest BCUT2D eigenvalue weighted by atomic mass is 35.5. The molecule has 9 heteroatoms. The molecule has 0 aliphatic heterocycles. The topological polar surface area (TPSA) is 87.7 Å². The van der Waals surface area contributed by atoms with E-state index in [0.29, 0.717) is 21.1 Å². The van der Waals surface area contributed by atoms with Crippen LogP contribution < -0.4 is 10.7 Å². The monoisotopic (exact) mass is 428 g/mol.